The van der Waals surface area contributed by atoms with Gasteiger partial charge in [-0.15, -0.1) is 0 Å². The summed E-state index contributed by atoms with van der Waals surface area (Å²) in [6.07, 6.45) is 5.46. The first-order valence-corrected chi connectivity index (χ1v) is 13.2. The molecule has 0 radical (unpaired) electrons. The van der Waals surface area contributed by atoms with Gasteiger partial charge in [0.25, 0.3) is 5.91 Å². The quantitative estimate of drug-likeness (QED) is 0.308. The Balaban J connectivity index is 1.44. The van der Waals surface area contributed by atoms with Crippen LogP contribution in [0.25, 0.3) is 34.0 Å². The molecule has 194 valence electrons. The van der Waals surface area contributed by atoms with E-state index in [1.54, 1.807) is 30.5 Å². The Morgan fingerprint density at radius 2 is 2.08 bits per heavy atom. The van der Waals surface area contributed by atoms with Crippen molar-refractivity contribution in [2.24, 2.45) is 0 Å². The largest absolute Gasteiger partial charge is 0.443 e. The number of amides is 1. The second-order valence-corrected chi connectivity index (χ2v) is 10.8. The predicted octanol–water partition coefficient (Wildman–Crippen LogP) is 5.20. The number of fused-ring (bicyclic) bond motifs is 1. The summed E-state index contributed by atoms with van der Waals surface area (Å²) in [4.78, 5) is 30.4. The van der Waals surface area contributed by atoms with Crippen molar-refractivity contribution < 1.29 is 18.7 Å². The van der Waals surface area contributed by atoms with Gasteiger partial charge in [-0.2, -0.15) is 0 Å². The Morgan fingerprint density at radius 3 is 2.82 bits per heavy atom. The zero-order valence-corrected chi connectivity index (χ0v) is 21.7. The number of aryl methyl sites for hydroxylation is 1. The van der Waals surface area contributed by atoms with Crippen LogP contribution in [0.15, 0.2) is 53.4 Å². The lowest BCUT2D eigenvalue weighted by molar-refractivity contribution is 0.0417. The van der Waals surface area contributed by atoms with Crippen LogP contribution >= 0.6 is 22.9 Å². The number of imidazole rings is 1. The smallest absolute Gasteiger partial charge is 0.280 e. The number of hydrogen-bond acceptors (Lipinski definition) is 8. The molecule has 3 atom stereocenters. The van der Waals surface area contributed by atoms with Gasteiger partial charge in [0.05, 0.1) is 47.4 Å². The van der Waals surface area contributed by atoms with Crippen LogP contribution in [0.1, 0.15) is 40.8 Å². The molecule has 4 heterocycles. The predicted molar refractivity (Wildman–Crippen MR) is 140 cm³/mol. The first-order chi connectivity index (χ1) is 18.4. The number of rotatable bonds is 5. The molecule has 1 aliphatic rings. The maximum absolute atomic E-state index is 15.0. The minimum Gasteiger partial charge on any atom is -0.443 e. The molecule has 0 bridgehead atoms. The van der Waals surface area contributed by atoms with E-state index < -0.39 is 29.9 Å². The molecule has 12 heteroatoms. The third-order valence-electron chi connectivity index (χ3n) is 6.67. The number of nitrogens with one attached hydrogen (secondary N) is 1. The first-order valence-electron chi connectivity index (χ1n) is 12.0. The molecule has 1 aromatic carbocycles. The summed E-state index contributed by atoms with van der Waals surface area (Å²) in [7, 11) is 0. The van der Waals surface area contributed by atoms with Gasteiger partial charge in [0.2, 0.25) is 5.89 Å². The van der Waals surface area contributed by atoms with E-state index in [4.69, 9.17) is 21.0 Å². The molecule has 2 N–H and O–H groups in total. The van der Waals surface area contributed by atoms with Gasteiger partial charge in [0.1, 0.15) is 33.5 Å². The summed E-state index contributed by atoms with van der Waals surface area (Å²) < 4.78 is 22.8. The number of carbonyl (C=O) groups is 1. The fraction of sp³-hybridized carbons (Fsp3) is 0.269. The lowest BCUT2D eigenvalue weighted by Gasteiger charge is -2.36. The van der Waals surface area contributed by atoms with E-state index in [1.165, 1.54) is 18.5 Å². The van der Waals surface area contributed by atoms with Gasteiger partial charge < -0.3 is 19.4 Å². The number of aliphatic hydroxyl groups excluding tert-OH is 1. The number of pyridine rings is 1. The molecule has 5 aromatic rings. The highest BCUT2D eigenvalue weighted by molar-refractivity contribution is 7.17. The standard InChI is InChI=1S/C26H22ClFN6O3S/c1-13-12-37-25(31-13)17-9-20-18(10-29-17)32-23(14-5-2-3-6-15(14)28)34(20)19-8-4-7-16(22(19)35)33-24(36)26-30-11-21(27)38-26/h2-3,5-6,9-12,16,19,22,35H,4,7-8H2,1H3,(H,33,36)/t16-,19+,22+/m1/s1. The summed E-state index contributed by atoms with van der Waals surface area (Å²) in [5.41, 5.74) is 2.68. The van der Waals surface area contributed by atoms with Crippen LogP contribution in [0.3, 0.4) is 0 Å². The monoisotopic (exact) mass is 552 g/mol. The molecular formula is C26H22ClFN6O3S. The topological polar surface area (TPSA) is 119 Å². The fourth-order valence-corrected chi connectivity index (χ4v) is 5.76. The van der Waals surface area contributed by atoms with E-state index in [0.717, 1.165) is 17.8 Å². The lowest BCUT2D eigenvalue weighted by atomic mass is 9.87. The number of carbonyl (C=O) groups excluding carboxylic acids is 1. The van der Waals surface area contributed by atoms with E-state index in [0.29, 0.717) is 56.9 Å². The van der Waals surface area contributed by atoms with Gasteiger partial charge in [-0.05, 0) is 44.4 Å². The van der Waals surface area contributed by atoms with Gasteiger partial charge in [0.15, 0.2) is 5.01 Å². The van der Waals surface area contributed by atoms with Gasteiger partial charge in [-0.25, -0.2) is 24.3 Å². The second-order valence-electron chi connectivity index (χ2n) is 9.18. The van der Waals surface area contributed by atoms with Gasteiger partial charge in [-0.3, -0.25) is 4.79 Å². The summed E-state index contributed by atoms with van der Waals surface area (Å²) in [6.45, 7) is 1.82. The SMILES string of the molecule is Cc1coc(-c2cc3c(cn2)nc(-c2ccccc2F)n3[C@H]2CCC[C@@H](NC(=O)c3ncc(Cl)s3)[C@@H]2O)n1. The summed E-state index contributed by atoms with van der Waals surface area (Å²) in [5.74, 6) is -0.122. The molecule has 1 aliphatic carbocycles. The molecule has 1 fully saturated rings. The van der Waals surface area contributed by atoms with Crippen molar-refractivity contribution in [3.8, 4) is 23.0 Å². The molecule has 0 saturated heterocycles. The molecule has 4 aromatic heterocycles. The molecule has 9 nitrogen and oxygen atoms in total. The van der Waals surface area contributed by atoms with E-state index in [9.17, 15) is 9.90 Å². The molecule has 1 amide bonds. The number of aromatic nitrogens is 5. The van der Waals surface area contributed by atoms with Gasteiger partial charge >= 0.3 is 0 Å². The minimum absolute atomic E-state index is 0.224. The van der Waals surface area contributed by atoms with Crippen molar-refractivity contribution in [3.63, 3.8) is 0 Å². The minimum atomic E-state index is -0.980. The van der Waals surface area contributed by atoms with Crippen LogP contribution in [-0.4, -0.2) is 47.7 Å². The van der Waals surface area contributed by atoms with Gasteiger partial charge in [0, 0.05) is 0 Å². The summed E-state index contributed by atoms with van der Waals surface area (Å²) >= 11 is 7.01. The van der Waals surface area contributed by atoms with E-state index >= 15 is 4.39 Å². The van der Waals surface area contributed by atoms with Crippen LogP contribution < -0.4 is 5.32 Å². The number of hydrogen-bond donors (Lipinski definition) is 2. The van der Waals surface area contributed by atoms with Crippen LogP contribution in [0, 0.1) is 12.7 Å². The van der Waals surface area contributed by atoms with Crippen molar-refractivity contribution in [1.82, 2.24) is 29.8 Å². The van der Waals surface area contributed by atoms with Crippen molar-refractivity contribution in [2.75, 3.05) is 0 Å². The number of benzene rings is 1. The Morgan fingerprint density at radius 1 is 1.24 bits per heavy atom. The number of halogens is 2. The molecule has 0 aliphatic heterocycles. The highest BCUT2D eigenvalue weighted by Crippen LogP contribution is 2.38. The van der Waals surface area contributed by atoms with Crippen molar-refractivity contribution in [1.29, 1.82) is 0 Å². The van der Waals surface area contributed by atoms with E-state index in [-0.39, 0.29) is 5.01 Å². The van der Waals surface area contributed by atoms with Crippen LogP contribution in [0.2, 0.25) is 4.34 Å². The Hall–Kier alpha value is -3.67. The molecule has 1 saturated carbocycles. The van der Waals surface area contributed by atoms with E-state index in [1.807, 2.05) is 11.5 Å². The highest BCUT2D eigenvalue weighted by Gasteiger charge is 2.37. The molecule has 0 unspecified atom stereocenters. The number of oxazole rings is 1. The fourth-order valence-electron chi connectivity index (χ4n) is 4.94. The average Bonchev–Trinajstić information content (AvgIpc) is 3.63. The maximum atomic E-state index is 15.0. The Kier molecular flexibility index (Phi) is 6.42. The lowest BCUT2D eigenvalue weighted by Crippen LogP contribution is -2.49. The highest BCUT2D eigenvalue weighted by atomic mass is 35.5. The second kappa shape index (κ2) is 9.90. The molecule has 38 heavy (non-hydrogen) atoms. The Labute approximate surface area is 225 Å². The average molecular weight is 553 g/mol. The zero-order chi connectivity index (χ0) is 26.4. The van der Waals surface area contributed by atoms with Crippen LogP contribution in [-0.2, 0) is 0 Å². The summed E-state index contributed by atoms with van der Waals surface area (Å²) in [5, 5.41) is 14.7. The normalized spacial score (nSPS) is 19.6. The first kappa shape index (κ1) is 24.7. The maximum Gasteiger partial charge on any atom is 0.280 e. The van der Waals surface area contributed by atoms with Crippen LogP contribution in [0.4, 0.5) is 4.39 Å². The molecular weight excluding hydrogens is 531 g/mol. The molecule has 0 spiro atoms. The number of thiazole rings is 1. The zero-order valence-electron chi connectivity index (χ0n) is 20.1. The van der Waals surface area contributed by atoms with Crippen molar-refractivity contribution in [2.45, 2.75) is 44.4 Å². The van der Waals surface area contributed by atoms with Gasteiger partial charge in [-0.1, -0.05) is 35.1 Å². The third kappa shape index (κ3) is 4.46. The third-order valence-corrected chi connectivity index (χ3v) is 7.78. The summed E-state index contributed by atoms with van der Waals surface area (Å²) in [6, 6.07) is 7.10. The van der Waals surface area contributed by atoms with Crippen molar-refractivity contribution in [3.05, 3.63) is 69.8 Å². The van der Waals surface area contributed by atoms with Crippen molar-refractivity contribution >= 4 is 39.9 Å². The number of aliphatic hydroxyl groups is 1. The van der Waals surface area contributed by atoms with Crippen LogP contribution in [0.5, 0.6) is 0 Å². The van der Waals surface area contributed by atoms with E-state index in [2.05, 4.69) is 20.3 Å². The Bertz CT molecular complexity index is 1650. The number of nitrogens with zero attached hydrogens (tertiary/aromatic N) is 5. The molecule has 6 rings (SSSR count).